The minimum Gasteiger partial charge on any atom is -0.494 e. The number of ether oxygens (including phenoxy) is 1. The fourth-order valence-electron chi connectivity index (χ4n) is 1.85. The van der Waals surface area contributed by atoms with E-state index in [0.29, 0.717) is 19.0 Å². The molecule has 2 rings (SSSR count). The first-order valence-corrected chi connectivity index (χ1v) is 6.12. The second-order valence-corrected chi connectivity index (χ2v) is 3.91. The number of alkyl halides is 1. The molecular formula is C13H15ClN2O. The zero-order chi connectivity index (χ0) is 12.3. The first-order chi connectivity index (χ1) is 8.30. The Labute approximate surface area is 106 Å². The highest BCUT2D eigenvalue weighted by Crippen LogP contribution is 2.22. The zero-order valence-corrected chi connectivity index (χ0v) is 10.6. The fraction of sp³-hybridized carbons (Fsp3) is 0.308. The van der Waals surface area contributed by atoms with Crippen LogP contribution in [-0.2, 0) is 12.4 Å². The highest BCUT2D eigenvalue weighted by molar-refractivity contribution is 6.16. The molecule has 0 amide bonds. The van der Waals surface area contributed by atoms with Crippen molar-refractivity contribution in [2.75, 3.05) is 6.61 Å². The summed E-state index contributed by atoms with van der Waals surface area (Å²) in [6.07, 6.45) is 1.84. The maximum absolute atomic E-state index is 5.89. The van der Waals surface area contributed by atoms with Crippen LogP contribution in [0, 0.1) is 0 Å². The lowest BCUT2D eigenvalue weighted by Crippen LogP contribution is -1.99. The summed E-state index contributed by atoms with van der Waals surface area (Å²) in [6, 6.07) is 5.90. The van der Waals surface area contributed by atoms with E-state index < -0.39 is 0 Å². The summed E-state index contributed by atoms with van der Waals surface area (Å²) in [5.41, 5.74) is 1.97. The molecule has 1 heterocycles. The van der Waals surface area contributed by atoms with Gasteiger partial charge in [0.15, 0.2) is 0 Å². The average Bonchev–Trinajstić information content (AvgIpc) is 2.68. The molecule has 3 nitrogen and oxygen atoms in total. The predicted molar refractivity (Wildman–Crippen MR) is 70.7 cm³/mol. The van der Waals surface area contributed by atoms with Gasteiger partial charge < -0.3 is 9.30 Å². The lowest BCUT2D eigenvalue weighted by Gasteiger charge is -2.04. The van der Waals surface area contributed by atoms with Gasteiger partial charge in [0, 0.05) is 12.6 Å². The molecule has 0 aliphatic heterocycles. The van der Waals surface area contributed by atoms with E-state index in [9.17, 15) is 0 Å². The molecule has 0 bridgehead atoms. The van der Waals surface area contributed by atoms with Gasteiger partial charge >= 0.3 is 0 Å². The van der Waals surface area contributed by atoms with Crippen molar-refractivity contribution in [1.29, 1.82) is 0 Å². The molecule has 90 valence electrons. The molecule has 0 atom stereocenters. The third-order valence-corrected chi connectivity index (χ3v) is 2.78. The number of allylic oxidation sites excluding steroid dienone is 1. The van der Waals surface area contributed by atoms with Crippen LogP contribution in [0.15, 0.2) is 30.9 Å². The summed E-state index contributed by atoms with van der Waals surface area (Å²) in [7, 11) is 0. The highest BCUT2D eigenvalue weighted by Gasteiger charge is 2.09. The molecule has 1 aromatic carbocycles. The van der Waals surface area contributed by atoms with Crippen LogP contribution in [0.1, 0.15) is 12.7 Å². The molecule has 0 unspecified atom stereocenters. The van der Waals surface area contributed by atoms with E-state index in [1.165, 1.54) is 0 Å². The van der Waals surface area contributed by atoms with Gasteiger partial charge in [-0.05, 0) is 19.1 Å². The molecule has 0 aliphatic rings. The van der Waals surface area contributed by atoms with E-state index in [-0.39, 0.29) is 0 Å². The van der Waals surface area contributed by atoms with Crippen LogP contribution in [0.25, 0.3) is 11.0 Å². The van der Waals surface area contributed by atoms with E-state index in [2.05, 4.69) is 16.1 Å². The molecule has 0 aliphatic carbocycles. The summed E-state index contributed by atoms with van der Waals surface area (Å²) in [5.74, 6) is 2.09. The van der Waals surface area contributed by atoms with Gasteiger partial charge in [0.2, 0.25) is 0 Å². The first kappa shape index (κ1) is 12.0. The van der Waals surface area contributed by atoms with E-state index in [4.69, 9.17) is 16.3 Å². The van der Waals surface area contributed by atoms with E-state index in [0.717, 1.165) is 22.6 Å². The maximum Gasteiger partial charge on any atom is 0.125 e. The number of fused-ring (bicyclic) bond motifs is 1. The number of halogens is 1. The molecule has 0 fully saturated rings. The second kappa shape index (κ2) is 5.23. The van der Waals surface area contributed by atoms with Gasteiger partial charge in [0.25, 0.3) is 0 Å². The molecule has 0 saturated carbocycles. The number of rotatable bonds is 5. The molecule has 0 saturated heterocycles. The van der Waals surface area contributed by atoms with Crippen molar-refractivity contribution in [2.24, 2.45) is 0 Å². The van der Waals surface area contributed by atoms with Gasteiger partial charge in [-0.2, -0.15) is 0 Å². The van der Waals surface area contributed by atoms with E-state index >= 15 is 0 Å². The molecule has 2 aromatic rings. The second-order valence-electron chi connectivity index (χ2n) is 3.64. The van der Waals surface area contributed by atoms with Gasteiger partial charge in [0.05, 0.1) is 23.5 Å². The average molecular weight is 251 g/mol. The Hall–Kier alpha value is -1.48. The molecule has 4 heteroatoms. The normalized spacial score (nSPS) is 10.7. The van der Waals surface area contributed by atoms with Crippen molar-refractivity contribution in [1.82, 2.24) is 9.55 Å². The Morgan fingerprint density at radius 2 is 2.35 bits per heavy atom. The molecule has 1 aromatic heterocycles. The minimum absolute atomic E-state index is 0.395. The Bertz CT molecular complexity index is 533. The lowest BCUT2D eigenvalue weighted by atomic mass is 10.3. The van der Waals surface area contributed by atoms with Gasteiger partial charge in [-0.3, -0.25) is 0 Å². The third kappa shape index (κ3) is 2.29. The number of benzene rings is 1. The SMILES string of the molecule is C=CCn1c(CCl)nc2cc(OCC)ccc21. The summed E-state index contributed by atoms with van der Waals surface area (Å²) in [4.78, 5) is 4.50. The monoisotopic (exact) mass is 250 g/mol. The van der Waals surface area contributed by atoms with Gasteiger partial charge in [-0.15, -0.1) is 18.2 Å². The van der Waals surface area contributed by atoms with Crippen molar-refractivity contribution in [3.8, 4) is 5.75 Å². The number of hydrogen-bond acceptors (Lipinski definition) is 2. The molecular weight excluding hydrogens is 236 g/mol. The number of imidazole rings is 1. The third-order valence-electron chi connectivity index (χ3n) is 2.54. The topological polar surface area (TPSA) is 27.1 Å². The zero-order valence-electron chi connectivity index (χ0n) is 9.82. The highest BCUT2D eigenvalue weighted by atomic mass is 35.5. The number of aromatic nitrogens is 2. The summed E-state index contributed by atoms with van der Waals surface area (Å²) < 4.78 is 7.51. The van der Waals surface area contributed by atoms with Crippen molar-refractivity contribution >= 4 is 22.6 Å². The standard InChI is InChI=1S/C13H15ClN2O/c1-3-7-16-12-6-5-10(17-4-2)8-11(12)15-13(16)9-14/h3,5-6,8H,1,4,7,9H2,2H3. The van der Waals surface area contributed by atoms with Crippen LogP contribution < -0.4 is 4.74 Å². The molecule has 0 radical (unpaired) electrons. The Morgan fingerprint density at radius 1 is 1.53 bits per heavy atom. The molecule has 17 heavy (non-hydrogen) atoms. The van der Waals surface area contributed by atoms with E-state index in [1.807, 2.05) is 31.2 Å². The van der Waals surface area contributed by atoms with Crippen molar-refractivity contribution in [3.63, 3.8) is 0 Å². The summed E-state index contributed by atoms with van der Waals surface area (Å²) in [5, 5.41) is 0. The van der Waals surface area contributed by atoms with E-state index in [1.54, 1.807) is 0 Å². The Balaban J connectivity index is 2.52. The molecule has 0 N–H and O–H groups in total. The van der Waals surface area contributed by atoms with Gasteiger partial charge in [0.1, 0.15) is 11.6 Å². The number of nitrogens with zero attached hydrogens (tertiary/aromatic N) is 2. The largest absolute Gasteiger partial charge is 0.494 e. The lowest BCUT2D eigenvalue weighted by molar-refractivity contribution is 0.340. The van der Waals surface area contributed by atoms with Crippen molar-refractivity contribution < 1.29 is 4.74 Å². The van der Waals surface area contributed by atoms with Gasteiger partial charge in [-0.25, -0.2) is 4.98 Å². The minimum atomic E-state index is 0.395. The van der Waals surface area contributed by atoms with Gasteiger partial charge in [-0.1, -0.05) is 6.08 Å². The van der Waals surface area contributed by atoms with Crippen LogP contribution in [0.2, 0.25) is 0 Å². The van der Waals surface area contributed by atoms with Crippen LogP contribution in [0.3, 0.4) is 0 Å². The van der Waals surface area contributed by atoms with Crippen LogP contribution in [-0.4, -0.2) is 16.2 Å². The Kier molecular flexibility index (Phi) is 3.69. The maximum atomic E-state index is 5.89. The van der Waals surface area contributed by atoms with Crippen LogP contribution >= 0.6 is 11.6 Å². The fourth-order valence-corrected chi connectivity index (χ4v) is 2.05. The number of hydrogen-bond donors (Lipinski definition) is 0. The summed E-state index contributed by atoms with van der Waals surface area (Å²) >= 11 is 5.89. The van der Waals surface area contributed by atoms with Crippen molar-refractivity contribution in [3.05, 3.63) is 36.7 Å². The smallest absolute Gasteiger partial charge is 0.125 e. The van der Waals surface area contributed by atoms with Crippen molar-refractivity contribution in [2.45, 2.75) is 19.3 Å². The Morgan fingerprint density at radius 3 is 3.00 bits per heavy atom. The summed E-state index contributed by atoms with van der Waals surface area (Å²) in [6.45, 7) is 7.08. The van der Waals surface area contributed by atoms with Crippen LogP contribution in [0.4, 0.5) is 0 Å². The van der Waals surface area contributed by atoms with Crippen LogP contribution in [0.5, 0.6) is 5.75 Å². The molecule has 0 spiro atoms. The quantitative estimate of drug-likeness (QED) is 0.601. The first-order valence-electron chi connectivity index (χ1n) is 5.59. The predicted octanol–water partition coefficient (Wildman–Crippen LogP) is 3.36.